The molecule has 0 fully saturated rings. The van der Waals surface area contributed by atoms with Gasteiger partial charge in [-0.3, -0.25) is 4.90 Å². The summed E-state index contributed by atoms with van der Waals surface area (Å²) >= 11 is 0. The number of likely N-dealkylation sites (N-methyl/N-ethyl adjacent to an activating group) is 1. The molecule has 1 N–H and O–H groups in total. The quantitative estimate of drug-likeness (QED) is 0.778. The van der Waals surface area contributed by atoms with Gasteiger partial charge in [0.2, 0.25) is 11.7 Å². The summed E-state index contributed by atoms with van der Waals surface area (Å²) < 4.78 is 10.3. The van der Waals surface area contributed by atoms with Crippen LogP contribution in [0.5, 0.6) is 0 Å². The van der Waals surface area contributed by atoms with Gasteiger partial charge in [-0.2, -0.15) is 0 Å². The highest BCUT2D eigenvalue weighted by Crippen LogP contribution is 2.07. The van der Waals surface area contributed by atoms with E-state index in [0.29, 0.717) is 19.0 Å². The predicted octanol–water partition coefficient (Wildman–Crippen LogP) is 2.18. The van der Waals surface area contributed by atoms with Crippen LogP contribution in [0.25, 0.3) is 0 Å². The number of aromatic carboxylic acids is 1. The number of hydrogen-bond acceptors (Lipinski definition) is 5. The molecule has 6 heteroatoms. The molecule has 0 aliphatic rings. The Hall–Kier alpha value is -2.10. The van der Waals surface area contributed by atoms with Crippen molar-refractivity contribution in [1.82, 2.24) is 9.88 Å². The standard InChI is InChI=1S/C16H22N2O4/c1-5-18(10-8-6-7-9-16(2,3)21-4)12-14-17-11-13(22-14)15(19)20/h6,8,11H,5,10,12H2,1-4H3,(H,19,20)/b8-6+. The van der Waals surface area contributed by atoms with E-state index in [9.17, 15) is 4.79 Å². The number of carboxylic acids is 1. The molecule has 1 aromatic rings. The van der Waals surface area contributed by atoms with E-state index in [0.717, 1.165) is 6.54 Å². The van der Waals surface area contributed by atoms with E-state index >= 15 is 0 Å². The van der Waals surface area contributed by atoms with Crippen LogP contribution in [0.2, 0.25) is 0 Å². The number of rotatable bonds is 7. The lowest BCUT2D eigenvalue weighted by Crippen LogP contribution is -2.23. The zero-order valence-corrected chi connectivity index (χ0v) is 13.4. The second-order valence-corrected chi connectivity index (χ2v) is 5.14. The number of ether oxygens (including phenoxy) is 1. The third-order valence-corrected chi connectivity index (χ3v) is 3.02. The molecule has 0 amide bonds. The van der Waals surface area contributed by atoms with Crippen molar-refractivity contribution in [3.8, 4) is 11.8 Å². The highest BCUT2D eigenvalue weighted by molar-refractivity contribution is 5.83. The van der Waals surface area contributed by atoms with Gasteiger partial charge in [-0.15, -0.1) is 0 Å². The summed E-state index contributed by atoms with van der Waals surface area (Å²) in [5, 5.41) is 8.79. The topological polar surface area (TPSA) is 75.8 Å². The summed E-state index contributed by atoms with van der Waals surface area (Å²) in [4.78, 5) is 16.7. The molecule has 0 unspecified atom stereocenters. The molecular weight excluding hydrogens is 284 g/mol. The summed E-state index contributed by atoms with van der Waals surface area (Å²) in [6.45, 7) is 7.71. The van der Waals surface area contributed by atoms with Gasteiger partial charge >= 0.3 is 5.97 Å². The first-order chi connectivity index (χ1) is 10.4. The van der Waals surface area contributed by atoms with E-state index in [-0.39, 0.29) is 5.76 Å². The van der Waals surface area contributed by atoms with Crippen molar-refractivity contribution in [2.45, 2.75) is 32.9 Å². The summed E-state index contributed by atoms with van der Waals surface area (Å²) in [6.07, 6.45) is 4.94. The molecule has 0 spiro atoms. The normalized spacial score (nSPS) is 11.7. The summed E-state index contributed by atoms with van der Waals surface area (Å²) in [6, 6.07) is 0. The molecule has 0 aliphatic heterocycles. The Morgan fingerprint density at radius 2 is 2.32 bits per heavy atom. The van der Waals surface area contributed by atoms with Gasteiger partial charge in [-0.1, -0.05) is 24.8 Å². The highest BCUT2D eigenvalue weighted by atomic mass is 16.5. The molecule has 0 aromatic carbocycles. The lowest BCUT2D eigenvalue weighted by atomic mass is 10.1. The average molecular weight is 306 g/mol. The summed E-state index contributed by atoms with van der Waals surface area (Å²) in [5.41, 5.74) is -0.458. The van der Waals surface area contributed by atoms with Crippen LogP contribution in [0.1, 0.15) is 37.2 Å². The molecule has 1 heterocycles. The molecule has 0 aliphatic carbocycles. The van der Waals surface area contributed by atoms with Crippen molar-refractivity contribution >= 4 is 5.97 Å². The van der Waals surface area contributed by atoms with Crippen LogP contribution in [0.4, 0.5) is 0 Å². The Bertz CT molecular complexity index is 578. The fourth-order valence-corrected chi connectivity index (χ4v) is 1.51. The maximum atomic E-state index is 10.7. The van der Waals surface area contributed by atoms with Gasteiger partial charge in [-0.25, -0.2) is 9.78 Å². The Morgan fingerprint density at radius 3 is 2.86 bits per heavy atom. The SMILES string of the molecule is CCN(C/C=C/C#CC(C)(C)OC)Cc1ncc(C(=O)O)o1. The number of allylic oxidation sites excluding steroid dienone is 1. The summed E-state index contributed by atoms with van der Waals surface area (Å²) in [5.74, 6) is 5.06. The first-order valence-electron chi connectivity index (χ1n) is 7.01. The number of hydrogen-bond donors (Lipinski definition) is 1. The minimum Gasteiger partial charge on any atom is -0.475 e. The van der Waals surface area contributed by atoms with Gasteiger partial charge < -0.3 is 14.3 Å². The maximum Gasteiger partial charge on any atom is 0.373 e. The molecule has 6 nitrogen and oxygen atoms in total. The van der Waals surface area contributed by atoms with Crippen LogP contribution in [0.3, 0.4) is 0 Å². The number of nitrogens with zero attached hydrogens (tertiary/aromatic N) is 2. The van der Waals surface area contributed by atoms with Gasteiger partial charge in [0.25, 0.3) is 0 Å². The van der Waals surface area contributed by atoms with Gasteiger partial charge in [0, 0.05) is 13.7 Å². The first kappa shape index (κ1) is 18.0. The molecule has 0 atom stereocenters. The van der Waals surface area contributed by atoms with E-state index in [2.05, 4.69) is 21.7 Å². The van der Waals surface area contributed by atoms with Crippen LogP contribution in [0.15, 0.2) is 22.8 Å². The zero-order chi connectivity index (χ0) is 16.6. The van der Waals surface area contributed by atoms with Crippen molar-refractivity contribution in [2.75, 3.05) is 20.2 Å². The van der Waals surface area contributed by atoms with Crippen molar-refractivity contribution < 1.29 is 19.1 Å². The molecule has 0 bridgehead atoms. The first-order valence-corrected chi connectivity index (χ1v) is 7.01. The molecule has 0 saturated heterocycles. The monoisotopic (exact) mass is 306 g/mol. The second-order valence-electron chi connectivity index (χ2n) is 5.14. The highest BCUT2D eigenvalue weighted by Gasteiger charge is 2.12. The molecule has 0 radical (unpaired) electrons. The number of oxazole rings is 1. The number of aromatic nitrogens is 1. The van der Waals surface area contributed by atoms with Crippen LogP contribution in [0, 0.1) is 11.8 Å². The molecule has 1 rings (SSSR count). The predicted molar refractivity (Wildman–Crippen MR) is 82.4 cm³/mol. The lowest BCUT2D eigenvalue weighted by molar-refractivity contribution is 0.0658. The van der Waals surface area contributed by atoms with E-state index in [1.165, 1.54) is 6.20 Å². The van der Waals surface area contributed by atoms with Gasteiger partial charge in [-0.05, 0) is 26.5 Å². The van der Waals surface area contributed by atoms with E-state index in [4.69, 9.17) is 14.3 Å². The van der Waals surface area contributed by atoms with Crippen molar-refractivity contribution in [3.63, 3.8) is 0 Å². The van der Waals surface area contributed by atoms with Crippen LogP contribution in [-0.2, 0) is 11.3 Å². The minimum absolute atomic E-state index is 0.144. The Morgan fingerprint density at radius 1 is 1.59 bits per heavy atom. The fourth-order valence-electron chi connectivity index (χ4n) is 1.51. The molecular formula is C16H22N2O4. The molecule has 120 valence electrons. The van der Waals surface area contributed by atoms with Crippen molar-refractivity contribution in [1.29, 1.82) is 0 Å². The van der Waals surface area contributed by atoms with Crippen LogP contribution in [-0.4, -0.2) is 46.8 Å². The van der Waals surface area contributed by atoms with E-state index in [1.54, 1.807) is 13.2 Å². The second kappa shape index (κ2) is 8.37. The van der Waals surface area contributed by atoms with Crippen LogP contribution < -0.4 is 0 Å². The largest absolute Gasteiger partial charge is 0.475 e. The zero-order valence-electron chi connectivity index (χ0n) is 13.4. The Balaban J connectivity index is 2.53. The third-order valence-electron chi connectivity index (χ3n) is 3.02. The molecule has 0 saturated carbocycles. The van der Waals surface area contributed by atoms with Gasteiger partial charge in [0.1, 0.15) is 5.60 Å². The number of methoxy groups -OCH3 is 1. The lowest BCUT2D eigenvalue weighted by Gasteiger charge is -2.15. The molecule has 22 heavy (non-hydrogen) atoms. The smallest absolute Gasteiger partial charge is 0.373 e. The van der Waals surface area contributed by atoms with Gasteiger partial charge in [0.05, 0.1) is 12.7 Å². The number of carbonyl (C=O) groups is 1. The summed E-state index contributed by atoms with van der Waals surface area (Å²) in [7, 11) is 1.62. The van der Waals surface area contributed by atoms with Crippen LogP contribution >= 0.6 is 0 Å². The Kier molecular flexibility index (Phi) is 6.83. The van der Waals surface area contributed by atoms with E-state index < -0.39 is 11.6 Å². The molecule has 1 aromatic heterocycles. The third kappa shape index (κ3) is 6.12. The Labute approximate surface area is 130 Å². The van der Waals surface area contributed by atoms with E-state index in [1.807, 2.05) is 26.8 Å². The number of carboxylic acid groups (broad SMARTS) is 1. The minimum atomic E-state index is -1.11. The van der Waals surface area contributed by atoms with Gasteiger partial charge in [0.15, 0.2) is 0 Å². The van der Waals surface area contributed by atoms with Crippen molar-refractivity contribution in [3.05, 3.63) is 30.0 Å². The van der Waals surface area contributed by atoms with Crippen molar-refractivity contribution in [2.24, 2.45) is 0 Å². The average Bonchev–Trinajstić information content (AvgIpc) is 2.94. The maximum absolute atomic E-state index is 10.7. The fraction of sp³-hybridized carbons (Fsp3) is 0.500.